The zero-order valence-electron chi connectivity index (χ0n) is 34.8. The Balaban J connectivity index is 0.772. The number of pyridine rings is 2. The van der Waals surface area contributed by atoms with E-state index in [1.165, 1.54) is 12.1 Å². The molecule has 3 aromatic rings. The highest BCUT2D eigenvalue weighted by Gasteiger charge is 2.42. The fraction of sp³-hybridized carbons (Fsp3) is 0.523. The zero-order chi connectivity index (χ0) is 44.2. The summed E-state index contributed by atoms with van der Waals surface area (Å²) < 4.78 is 12.1. The molecule has 2 atom stereocenters. The van der Waals surface area contributed by atoms with Gasteiger partial charge in [-0.2, -0.15) is 0 Å². The molecule has 0 bridgehead atoms. The van der Waals surface area contributed by atoms with Crippen LogP contribution in [0.25, 0.3) is 11.1 Å². The molecular formula is C44H55Cl3N8O7. The number of amides is 5. The highest BCUT2D eigenvalue weighted by atomic mass is 35.5. The SMILES string of the molecule is CN1C(=O)C[C@H](C(=O)NCCOC2CCC(OCCCC(=O)NC3CCC(C(=O)NCCNC(=O)c4ccc(-c5cc(Cl)cc(Cl)c5Cl)c(N)n4)CC3)CC2)[C@H]1c1cccnc1. The van der Waals surface area contributed by atoms with Gasteiger partial charge in [-0.1, -0.05) is 40.9 Å². The monoisotopic (exact) mass is 912 g/mol. The molecule has 18 heteroatoms. The van der Waals surface area contributed by atoms with Crippen molar-refractivity contribution in [2.45, 2.75) is 94.9 Å². The molecule has 0 radical (unpaired) electrons. The standard InChI is InChI=1S/C44H55Cl3N8O7/c1-55-38(57)24-34(40(55)27-4-2-16-49-25-27)43(59)52-19-21-62-31-12-10-30(11-13-31)61-20-3-5-37(56)53-29-8-6-26(7-9-29)42(58)50-17-18-51-44(60)36-15-14-32(41(48)54-36)33-22-28(45)23-35(46)39(33)47/h2,4,14-16,22-23,25-26,29-31,34,40H,3,5-13,17-21,24H2,1H3,(H2,48,54)(H,50,58)(H,51,60)(H,52,59)(H,53,56)/t26?,29?,30?,31?,34-,40+/m0/s1. The number of nitrogens with zero attached hydrogens (tertiary/aromatic N) is 3. The van der Waals surface area contributed by atoms with Crippen LogP contribution in [-0.4, -0.2) is 103 Å². The van der Waals surface area contributed by atoms with Gasteiger partial charge in [0, 0.05) is 86.6 Å². The Hall–Kier alpha value is -4.54. The summed E-state index contributed by atoms with van der Waals surface area (Å²) in [5, 5.41) is 12.6. The van der Waals surface area contributed by atoms with Crippen LogP contribution in [0.3, 0.4) is 0 Å². The average molecular weight is 914 g/mol. The van der Waals surface area contributed by atoms with E-state index in [4.69, 9.17) is 50.0 Å². The van der Waals surface area contributed by atoms with E-state index in [1.54, 1.807) is 36.5 Å². The molecule has 334 valence electrons. The first-order chi connectivity index (χ1) is 29.9. The van der Waals surface area contributed by atoms with Gasteiger partial charge in [-0.3, -0.25) is 29.0 Å². The number of nitrogens with one attached hydrogen (secondary N) is 4. The molecule has 6 rings (SSSR count). The number of likely N-dealkylation sites (tertiary alicyclic amines) is 1. The van der Waals surface area contributed by atoms with Gasteiger partial charge in [0.1, 0.15) is 11.5 Å². The van der Waals surface area contributed by atoms with E-state index in [-0.39, 0.29) is 94.9 Å². The van der Waals surface area contributed by atoms with Crippen molar-refractivity contribution >= 4 is 70.2 Å². The molecule has 3 aliphatic rings. The molecule has 15 nitrogen and oxygen atoms in total. The number of aromatic nitrogens is 2. The Kier molecular flexibility index (Phi) is 17.2. The average Bonchev–Trinajstić information content (AvgIpc) is 3.57. The van der Waals surface area contributed by atoms with E-state index in [0.717, 1.165) is 44.1 Å². The van der Waals surface area contributed by atoms with Gasteiger partial charge in [-0.15, -0.1) is 0 Å². The molecule has 0 unspecified atom stereocenters. The van der Waals surface area contributed by atoms with E-state index < -0.39 is 11.8 Å². The first kappa shape index (κ1) is 47.0. The van der Waals surface area contributed by atoms with Crippen molar-refractivity contribution in [3.63, 3.8) is 0 Å². The van der Waals surface area contributed by atoms with Gasteiger partial charge in [0.05, 0.1) is 40.8 Å². The Morgan fingerprint density at radius 2 is 1.53 bits per heavy atom. The zero-order valence-corrected chi connectivity index (χ0v) is 37.1. The van der Waals surface area contributed by atoms with Crippen molar-refractivity contribution in [3.05, 3.63) is 75.1 Å². The summed E-state index contributed by atoms with van der Waals surface area (Å²) in [5.74, 6) is -1.27. The largest absolute Gasteiger partial charge is 0.383 e. The van der Waals surface area contributed by atoms with Crippen molar-refractivity contribution in [3.8, 4) is 11.1 Å². The number of carbonyl (C=O) groups excluding carboxylic acids is 5. The molecule has 62 heavy (non-hydrogen) atoms. The van der Waals surface area contributed by atoms with Crippen molar-refractivity contribution in [1.82, 2.24) is 36.1 Å². The maximum Gasteiger partial charge on any atom is 0.270 e. The molecule has 2 aromatic heterocycles. The topological polar surface area (TPSA) is 207 Å². The van der Waals surface area contributed by atoms with Gasteiger partial charge >= 0.3 is 0 Å². The number of hydrogen-bond donors (Lipinski definition) is 5. The quantitative estimate of drug-likeness (QED) is 0.0781. The Morgan fingerprint density at radius 3 is 2.23 bits per heavy atom. The molecule has 2 saturated carbocycles. The Labute approximate surface area is 376 Å². The number of ether oxygens (including phenoxy) is 2. The molecule has 5 amide bonds. The molecule has 3 heterocycles. The third-order valence-electron chi connectivity index (χ3n) is 11.8. The number of hydrogen-bond acceptors (Lipinski definition) is 10. The number of anilines is 1. The Bertz CT molecular complexity index is 2050. The highest BCUT2D eigenvalue weighted by molar-refractivity contribution is 6.45. The fourth-order valence-corrected chi connectivity index (χ4v) is 9.17. The summed E-state index contributed by atoms with van der Waals surface area (Å²) in [4.78, 5) is 73.6. The van der Waals surface area contributed by atoms with Gasteiger partial charge in [0.25, 0.3) is 5.91 Å². The van der Waals surface area contributed by atoms with Crippen LogP contribution >= 0.6 is 34.8 Å². The first-order valence-electron chi connectivity index (χ1n) is 21.3. The van der Waals surface area contributed by atoms with Crippen LogP contribution in [0, 0.1) is 11.8 Å². The summed E-state index contributed by atoms with van der Waals surface area (Å²) in [6.45, 7) is 1.74. The molecule has 1 aromatic carbocycles. The van der Waals surface area contributed by atoms with E-state index >= 15 is 0 Å². The number of carbonyl (C=O) groups is 5. The minimum Gasteiger partial charge on any atom is -0.383 e. The summed E-state index contributed by atoms with van der Waals surface area (Å²) in [7, 11) is 1.72. The number of nitrogen functional groups attached to an aromatic ring is 1. The van der Waals surface area contributed by atoms with Crippen molar-refractivity contribution in [2.75, 3.05) is 45.6 Å². The smallest absolute Gasteiger partial charge is 0.270 e. The second-order valence-electron chi connectivity index (χ2n) is 16.1. The normalized spacial score (nSPS) is 22.5. The summed E-state index contributed by atoms with van der Waals surface area (Å²) >= 11 is 18.6. The lowest BCUT2D eigenvalue weighted by Crippen LogP contribution is -2.42. The number of halogens is 3. The van der Waals surface area contributed by atoms with E-state index in [2.05, 4.69) is 31.2 Å². The Morgan fingerprint density at radius 1 is 0.839 bits per heavy atom. The lowest BCUT2D eigenvalue weighted by atomic mass is 9.85. The number of nitrogens with two attached hydrogens (primary N) is 1. The molecule has 3 fully saturated rings. The van der Waals surface area contributed by atoms with Crippen molar-refractivity contribution in [1.29, 1.82) is 0 Å². The van der Waals surface area contributed by atoms with Crippen LogP contribution < -0.4 is 27.0 Å². The number of benzene rings is 1. The molecule has 1 aliphatic heterocycles. The molecule has 2 aliphatic carbocycles. The van der Waals surface area contributed by atoms with Crippen LogP contribution in [0.2, 0.25) is 15.1 Å². The van der Waals surface area contributed by atoms with Crippen molar-refractivity contribution < 1.29 is 33.4 Å². The van der Waals surface area contributed by atoms with E-state index in [0.29, 0.717) is 61.6 Å². The molecule has 6 N–H and O–H groups in total. The number of rotatable bonds is 18. The van der Waals surface area contributed by atoms with Gasteiger partial charge in [0.2, 0.25) is 23.6 Å². The van der Waals surface area contributed by atoms with E-state index in [9.17, 15) is 24.0 Å². The lowest BCUT2D eigenvalue weighted by Gasteiger charge is -2.29. The van der Waals surface area contributed by atoms with Crippen LogP contribution in [0.1, 0.15) is 92.7 Å². The van der Waals surface area contributed by atoms with Crippen LogP contribution in [0.5, 0.6) is 0 Å². The predicted molar refractivity (Wildman–Crippen MR) is 236 cm³/mol. The summed E-state index contributed by atoms with van der Waals surface area (Å²) in [6, 6.07) is 9.69. The third-order valence-corrected chi connectivity index (χ3v) is 12.9. The first-order valence-corrected chi connectivity index (χ1v) is 22.4. The maximum absolute atomic E-state index is 13.0. The lowest BCUT2D eigenvalue weighted by molar-refractivity contribution is -0.128. The second-order valence-corrected chi connectivity index (χ2v) is 17.3. The van der Waals surface area contributed by atoms with Crippen LogP contribution in [-0.2, 0) is 28.7 Å². The van der Waals surface area contributed by atoms with Crippen molar-refractivity contribution in [2.24, 2.45) is 11.8 Å². The van der Waals surface area contributed by atoms with Gasteiger partial charge in [0.15, 0.2) is 0 Å². The van der Waals surface area contributed by atoms with Gasteiger partial charge < -0.3 is 41.4 Å². The predicted octanol–water partition coefficient (Wildman–Crippen LogP) is 5.67. The minimum absolute atomic E-state index is 0.0101. The highest BCUT2D eigenvalue weighted by Crippen LogP contribution is 2.39. The summed E-state index contributed by atoms with van der Waals surface area (Å²) in [5.41, 5.74) is 8.09. The molecule has 1 saturated heterocycles. The van der Waals surface area contributed by atoms with Crippen LogP contribution in [0.15, 0.2) is 48.8 Å². The third kappa shape index (κ3) is 12.8. The van der Waals surface area contributed by atoms with Gasteiger partial charge in [-0.25, -0.2) is 4.98 Å². The fourth-order valence-electron chi connectivity index (χ4n) is 8.47. The maximum atomic E-state index is 13.0. The molecular weight excluding hydrogens is 859 g/mol. The van der Waals surface area contributed by atoms with E-state index in [1.807, 2.05) is 12.1 Å². The second kappa shape index (κ2) is 22.7. The van der Waals surface area contributed by atoms with Gasteiger partial charge in [-0.05, 0) is 93.7 Å². The molecule has 0 spiro atoms. The minimum atomic E-state index is -0.471. The summed E-state index contributed by atoms with van der Waals surface area (Å²) in [6.07, 6.45) is 11.0. The van der Waals surface area contributed by atoms with Crippen LogP contribution in [0.4, 0.5) is 5.82 Å².